The summed E-state index contributed by atoms with van der Waals surface area (Å²) in [6.07, 6.45) is 0.662. The Labute approximate surface area is 92.0 Å². The number of aromatic hydroxyl groups is 1. The van der Waals surface area contributed by atoms with Crippen LogP contribution in [0.5, 0.6) is 11.5 Å². The molecular weight excluding hydrogens is 246 g/mol. The average molecular weight is 260 g/mol. The number of benzene rings is 1. The SMILES string of the molecule is COc1c(Br)cc(CCN)c(O)c1C. The third kappa shape index (κ3) is 2.01. The van der Waals surface area contributed by atoms with Crippen LogP contribution in [0, 0.1) is 6.92 Å². The topological polar surface area (TPSA) is 55.5 Å². The molecule has 78 valence electrons. The fourth-order valence-electron chi connectivity index (χ4n) is 1.41. The monoisotopic (exact) mass is 259 g/mol. The van der Waals surface area contributed by atoms with Gasteiger partial charge in [0.1, 0.15) is 11.5 Å². The fourth-order valence-corrected chi connectivity index (χ4v) is 2.15. The smallest absolute Gasteiger partial charge is 0.139 e. The predicted molar refractivity (Wildman–Crippen MR) is 59.9 cm³/mol. The molecule has 14 heavy (non-hydrogen) atoms. The van der Waals surface area contributed by atoms with Crippen molar-refractivity contribution in [2.75, 3.05) is 13.7 Å². The van der Waals surface area contributed by atoms with E-state index in [4.69, 9.17) is 10.5 Å². The molecule has 1 rings (SSSR count). The summed E-state index contributed by atoms with van der Waals surface area (Å²) in [5.74, 6) is 0.943. The molecule has 0 fully saturated rings. The standard InChI is InChI=1S/C10H14BrNO2/c1-6-9(13)7(3-4-12)5-8(11)10(6)14-2/h5,13H,3-4,12H2,1-2H3. The number of hydrogen-bond donors (Lipinski definition) is 2. The Morgan fingerprint density at radius 1 is 1.57 bits per heavy atom. The normalized spacial score (nSPS) is 10.3. The van der Waals surface area contributed by atoms with E-state index in [1.165, 1.54) is 0 Å². The minimum absolute atomic E-state index is 0.274. The maximum Gasteiger partial charge on any atom is 0.139 e. The van der Waals surface area contributed by atoms with E-state index in [0.717, 1.165) is 15.6 Å². The molecule has 0 radical (unpaired) electrons. The number of phenolic OH excluding ortho intramolecular Hbond substituents is 1. The van der Waals surface area contributed by atoms with E-state index in [9.17, 15) is 5.11 Å². The minimum Gasteiger partial charge on any atom is -0.507 e. The van der Waals surface area contributed by atoms with Crippen molar-refractivity contribution in [3.8, 4) is 11.5 Å². The Hall–Kier alpha value is -0.740. The van der Waals surface area contributed by atoms with E-state index < -0.39 is 0 Å². The van der Waals surface area contributed by atoms with Gasteiger partial charge in [-0.05, 0) is 47.4 Å². The average Bonchev–Trinajstić information content (AvgIpc) is 2.15. The molecule has 3 nitrogen and oxygen atoms in total. The van der Waals surface area contributed by atoms with E-state index >= 15 is 0 Å². The van der Waals surface area contributed by atoms with Gasteiger partial charge in [0.25, 0.3) is 0 Å². The van der Waals surface area contributed by atoms with Crippen LogP contribution in [-0.2, 0) is 6.42 Å². The Bertz CT molecular complexity index is 339. The number of nitrogens with two attached hydrogens (primary N) is 1. The van der Waals surface area contributed by atoms with Gasteiger partial charge in [-0.25, -0.2) is 0 Å². The summed E-state index contributed by atoms with van der Waals surface area (Å²) < 4.78 is 6.00. The summed E-state index contributed by atoms with van der Waals surface area (Å²) in [6.45, 7) is 2.34. The second-order valence-electron chi connectivity index (χ2n) is 3.06. The highest BCUT2D eigenvalue weighted by Crippen LogP contribution is 2.37. The summed E-state index contributed by atoms with van der Waals surface area (Å²) in [5.41, 5.74) is 7.03. The van der Waals surface area contributed by atoms with Crippen molar-refractivity contribution in [3.63, 3.8) is 0 Å². The maximum absolute atomic E-state index is 9.81. The van der Waals surface area contributed by atoms with Gasteiger partial charge in [0.2, 0.25) is 0 Å². The number of phenols is 1. The second kappa shape index (κ2) is 4.66. The molecule has 0 aliphatic heterocycles. The second-order valence-corrected chi connectivity index (χ2v) is 3.92. The van der Waals surface area contributed by atoms with Gasteiger partial charge in [0.15, 0.2) is 0 Å². The van der Waals surface area contributed by atoms with Crippen LogP contribution in [0.4, 0.5) is 0 Å². The Morgan fingerprint density at radius 3 is 2.71 bits per heavy atom. The molecule has 4 heteroatoms. The van der Waals surface area contributed by atoms with Crippen LogP contribution >= 0.6 is 15.9 Å². The fraction of sp³-hybridized carbons (Fsp3) is 0.400. The molecule has 0 saturated heterocycles. The Balaban J connectivity index is 3.25. The van der Waals surface area contributed by atoms with E-state index in [-0.39, 0.29) is 5.75 Å². The first-order chi connectivity index (χ1) is 6.61. The van der Waals surface area contributed by atoms with E-state index in [1.807, 2.05) is 13.0 Å². The van der Waals surface area contributed by atoms with Gasteiger partial charge in [-0.2, -0.15) is 0 Å². The van der Waals surface area contributed by atoms with E-state index in [2.05, 4.69) is 15.9 Å². The van der Waals surface area contributed by atoms with Crippen LogP contribution in [0.25, 0.3) is 0 Å². The lowest BCUT2D eigenvalue weighted by atomic mass is 10.1. The first-order valence-electron chi connectivity index (χ1n) is 4.36. The molecule has 0 bridgehead atoms. The summed E-state index contributed by atoms with van der Waals surface area (Å²) >= 11 is 3.39. The minimum atomic E-state index is 0.274. The highest BCUT2D eigenvalue weighted by atomic mass is 79.9. The zero-order chi connectivity index (χ0) is 10.7. The predicted octanol–water partition coefficient (Wildman–Crippen LogP) is 1.97. The summed E-state index contributed by atoms with van der Waals surface area (Å²) in [7, 11) is 1.58. The highest BCUT2D eigenvalue weighted by Gasteiger charge is 2.12. The molecule has 0 aliphatic rings. The zero-order valence-electron chi connectivity index (χ0n) is 8.30. The van der Waals surface area contributed by atoms with Gasteiger partial charge in [0.05, 0.1) is 11.6 Å². The number of methoxy groups -OCH3 is 1. The van der Waals surface area contributed by atoms with Gasteiger partial charge < -0.3 is 15.6 Å². The van der Waals surface area contributed by atoms with Crippen molar-refractivity contribution < 1.29 is 9.84 Å². The van der Waals surface area contributed by atoms with Gasteiger partial charge in [-0.3, -0.25) is 0 Å². The molecule has 0 atom stereocenters. The molecule has 0 saturated carbocycles. The molecule has 0 amide bonds. The molecule has 0 aromatic heterocycles. The van der Waals surface area contributed by atoms with Crippen LogP contribution in [0.1, 0.15) is 11.1 Å². The van der Waals surface area contributed by atoms with Gasteiger partial charge in [0, 0.05) is 5.56 Å². The first-order valence-corrected chi connectivity index (χ1v) is 5.16. The molecule has 1 aromatic rings. The van der Waals surface area contributed by atoms with Crippen LogP contribution < -0.4 is 10.5 Å². The van der Waals surface area contributed by atoms with Gasteiger partial charge in [-0.1, -0.05) is 0 Å². The van der Waals surface area contributed by atoms with E-state index in [1.54, 1.807) is 7.11 Å². The van der Waals surface area contributed by atoms with Crippen molar-refractivity contribution in [1.29, 1.82) is 0 Å². The van der Waals surface area contributed by atoms with Crippen molar-refractivity contribution >= 4 is 15.9 Å². The van der Waals surface area contributed by atoms with Gasteiger partial charge in [-0.15, -0.1) is 0 Å². The van der Waals surface area contributed by atoms with Gasteiger partial charge >= 0.3 is 0 Å². The molecular formula is C10H14BrNO2. The quantitative estimate of drug-likeness (QED) is 0.873. The number of halogens is 1. The number of rotatable bonds is 3. The molecule has 0 aliphatic carbocycles. The third-order valence-corrected chi connectivity index (χ3v) is 2.72. The van der Waals surface area contributed by atoms with Crippen molar-refractivity contribution in [3.05, 3.63) is 21.7 Å². The number of hydrogen-bond acceptors (Lipinski definition) is 3. The molecule has 0 spiro atoms. The largest absolute Gasteiger partial charge is 0.507 e. The third-order valence-electron chi connectivity index (χ3n) is 2.14. The summed E-state index contributed by atoms with van der Waals surface area (Å²) in [4.78, 5) is 0. The lowest BCUT2D eigenvalue weighted by Crippen LogP contribution is -2.04. The van der Waals surface area contributed by atoms with Crippen molar-refractivity contribution in [1.82, 2.24) is 0 Å². The Morgan fingerprint density at radius 2 is 2.21 bits per heavy atom. The first kappa shape index (κ1) is 11.3. The van der Waals surface area contributed by atoms with Crippen LogP contribution in [0.3, 0.4) is 0 Å². The number of ether oxygens (including phenoxy) is 1. The zero-order valence-corrected chi connectivity index (χ0v) is 9.89. The van der Waals surface area contributed by atoms with Crippen molar-refractivity contribution in [2.45, 2.75) is 13.3 Å². The molecule has 3 N–H and O–H groups in total. The summed E-state index contributed by atoms with van der Waals surface area (Å²) in [5, 5.41) is 9.81. The van der Waals surface area contributed by atoms with E-state index in [0.29, 0.717) is 18.7 Å². The Kier molecular flexibility index (Phi) is 3.77. The lowest BCUT2D eigenvalue weighted by Gasteiger charge is -2.12. The van der Waals surface area contributed by atoms with Crippen LogP contribution in [0.2, 0.25) is 0 Å². The lowest BCUT2D eigenvalue weighted by molar-refractivity contribution is 0.398. The highest BCUT2D eigenvalue weighted by molar-refractivity contribution is 9.10. The maximum atomic E-state index is 9.81. The molecule has 0 heterocycles. The summed E-state index contributed by atoms with van der Waals surface area (Å²) in [6, 6.07) is 1.84. The van der Waals surface area contributed by atoms with Crippen LogP contribution in [0.15, 0.2) is 10.5 Å². The molecule has 1 aromatic carbocycles. The van der Waals surface area contributed by atoms with Crippen LogP contribution in [-0.4, -0.2) is 18.8 Å². The van der Waals surface area contributed by atoms with Crippen molar-refractivity contribution in [2.24, 2.45) is 5.73 Å². The molecule has 0 unspecified atom stereocenters.